The summed E-state index contributed by atoms with van der Waals surface area (Å²) in [6, 6.07) is 6.96. The Morgan fingerprint density at radius 3 is 2.76 bits per heavy atom. The first-order valence-corrected chi connectivity index (χ1v) is 8.93. The second-order valence-corrected chi connectivity index (χ2v) is 7.86. The molecule has 0 saturated carbocycles. The van der Waals surface area contributed by atoms with Crippen molar-refractivity contribution in [2.45, 2.75) is 0 Å². The van der Waals surface area contributed by atoms with Gasteiger partial charge < -0.3 is 0 Å². The third kappa shape index (κ3) is 4.52. The number of carbonyl (C=O) groups is 1. The maximum absolute atomic E-state index is 12.2. The lowest BCUT2D eigenvalue weighted by molar-refractivity contribution is -0.121. The maximum atomic E-state index is 12.2. The Morgan fingerprint density at radius 2 is 2.14 bits per heavy atom. The number of rotatable bonds is 4. The summed E-state index contributed by atoms with van der Waals surface area (Å²) in [5.74, 6) is -0.933. The van der Waals surface area contributed by atoms with Crippen LogP contribution >= 0.6 is 35.6 Å². The summed E-state index contributed by atoms with van der Waals surface area (Å²) in [6.45, 7) is -0.170. The van der Waals surface area contributed by atoms with E-state index in [0.29, 0.717) is 9.93 Å². The van der Waals surface area contributed by atoms with E-state index < -0.39 is 15.9 Å². The SMILES string of the molecule is O=C1C(=Cc2cccc(Cl)c2)SC(=S)N1CCS(=O)(=O)O. The van der Waals surface area contributed by atoms with E-state index in [1.165, 1.54) is 0 Å². The summed E-state index contributed by atoms with van der Waals surface area (Å²) < 4.78 is 30.5. The topological polar surface area (TPSA) is 74.7 Å². The van der Waals surface area contributed by atoms with Gasteiger partial charge in [0.15, 0.2) is 0 Å². The van der Waals surface area contributed by atoms with Crippen molar-refractivity contribution in [2.24, 2.45) is 0 Å². The molecule has 0 bridgehead atoms. The summed E-state index contributed by atoms with van der Waals surface area (Å²) in [6.07, 6.45) is 1.64. The molecule has 0 aliphatic carbocycles. The molecule has 5 nitrogen and oxygen atoms in total. The second-order valence-electron chi connectivity index (χ2n) is 4.17. The zero-order chi connectivity index (χ0) is 15.6. The van der Waals surface area contributed by atoms with Gasteiger partial charge in [0.2, 0.25) is 0 Å². The van der Waals surface area contributed by atoms with Crippen molar-refractivity contribution in [3.8, 4) is 0 Å². The van der Waals surface area contributed by atoms with Crippen LogP contribution in [0.25, 0.3) is 6.08 Å². The average molecular weight is 364 g/mol. The summed E-state index contributed by atoms with van der Waals surface area (Å²) in [4.78, 5) is 13.7. The largest absolute Gasteiger partial charge is 0.292 e. The normalized spacial score (nSPS) is 17.8. The fourth-order valence-corrected chi connectivity index (χ4v) is 3.57. The lowest BCUT2D eigenvalue weighted by atomic mass is 10.2. The van der Waals surface area contributed by atoms with Crippen LogP contribution in [-0.4, -0.2) is 40.4 Å². The highest BCUT2D eigenvalue weighted by atomic mass is 35.5. The van der Waals surface area contributed by atoms with Gasteiger partial charge in [-0.3, -0.25) is 14.2 Å². The molecular formula is C12H10ClNO4S3. The molecular weight excluding hydrogens is 354 g/mol. The number of benzene rings is 1. The minimum Gasteiger partial charge on any atom is -0.292 e. The summed E-state index contributed by atoms with van der Waals surface area (Å²) in [5, 5.41) is 0.547. The van der Waals surface area contributed by atoms with Gasteiger partial charge >= 0.3 is 0 Å². The first-order valence-electron chi connectivity index (χ1n) is 5.72. The number of thioether (sulfide) groups is 1. The number of thiocarbonyl (C=S) groups is 1. The van der Waals surface area contributed by atoms with Crippen molar-refractivity contribution >= 4 is 62.0 Å². The molecule has 1 amide bonds. The van der Waals surface area contributed by atoms with E-state index in [2.05, 4.69) is 0 Å². The Hall–Kier alpha value is -0.930. The van der Waals surface area contributed by atoms with Crippen molar-refractivity contribution < 1.29 is 17.8 Å². The first kappa shape index (κ1) is 16.4. The zero-order valence-electron chi connectivity index (χ0n) is 10.5. The Labute approximate surface area is 136 Å². The van der Waals surface area contributed by atoms with Crippen molar-refractivity contribution in [3.05, 3.63) is 39.8 Å². The summed E-state index contributed by atoms with van der Waals surface area (Å²) in [7, 11) is -4.14. The van der Waals surface area contributed by atoms with Crippen molar-refractivity contribution in [2.75, 3.05) is 12.3 Å². The third-order valence-electron chi connectivity index (χ3n) is 2.59. The molecule has 21 heavy (non-hydrogen) atoms. The van der Waals surface area contributed by atoms with Crippen LogP contribution in [0.4, 0.5) is 0 Å². The minimum atomic E-state index is -4.14. The first-order chi connectivity index (χ1) is 9.76. The van der Waals surface area contributed by atoms with Crippen LogP contribution in [0.2, 0.25) is 5.02 Å². The Kier molecular flexibility index (Phi) is 5.05. The fourth-order valence-electron chi connectivity index (χ4n) is 1.65. The molecule has 0 aromatic heterocycles. The molecule has 9 heteroatoms. The lowest BCUT2D eigenvalue weighted by Crippen LogP contribution is -2.32. The molecule has 1 aromatic rings. The number of carbonyl (C=O) groups excluding carboxylic acids is 1. The van der Waals surface area contributed by atoms with E-state index in [1.54, 1.807) is 30.3 Å². The van der Waals surface area contributed by atoms with E-state index in [1.807, 2.05) is 0 Å². The van der Waals surface area contributed by atoms with Gasteiger partial charge in [0.05, 0.1) is 10.7 Å². The molecule has 112 valence electrons. The van der Waals surface area contributed by atoms with Crippen LogP contribution in [0.15, 0.2) is 29.2 Å². The van der Waals surface area contributed by atoms with Crippen LogP contribution in [0.3, 0.4) is 0 Å². The smallest absolute Gasteiger partial charge is 0.266 e. The minimum absolute atomic E-state index is 0.170. The molecule has 1 heterocycles. The van der Waals surface area contributed by atoms with E-state index in [4.69, 9.17) is 28.4 Å². The number of halogens is 1. The van der Waals surface area contributed by atoms with Gasteiger partial charge in [-0.1, -0.05) is 47.7 Å². The fraction of sp³-hybridized carbons (Fsp3) is 0.167. The van der Waals surface area contributed by atoms with Gasteiger partial charge in [-0.15, -0.1) is 0 Å². The molecule has 1 saturated heterocycles. The van der Waals surface area contributed by atoms with Gasteiger partial charge in [0.25, 0.3) is 16.0 Å². The van der Waals surface area contributed by atoms with E-state index in [-0.39, 0.29) is 16.8 Å². The predicted octanol–water partition coefficient (Wildman–Crippen LogP) is 2.43. The lowest BCUT2D eigenvalue weighted by Gasteiger charge is -2.12. The van der Waals surface area contributed by atoms with Gasteiger partial charge in [0, 0.05) is 11.6 Å². The second kappa shape index (κ2) is 6.45. The quantitative estimate of drug-likeness (QED) is 0.503. The summed E-state index contributed by atoms with van der Waals surface area (Å²) >= 11 is 12.0. The molecule has 0 spiro atoms. The molecule has 1 aliphatic rings. The molecule has 1 N–H and O–H groups in total. The van der Waals surface area contributed by atoms with Crippen LogP contribution in [0.1, 0.15) is 5.56 Å². The van der Waals surface area contributed by atoms with E-state index in [0.717, 1.165) is 22.2 Å². The van der Waals surface area contributed by atoms with Crippen LogP contribution in [0.5, 0.6) is 0 Å². The van der Waals surface area contributed by atoms with Gasteiger partial charge in [-0.2, -0.15) is 8.42 Å². The van der Waals surface area contributed by atoms with Gasteiger partial charge in [0.1, 0.15) is 4.32 Å². The van der Waals surface area contributed by atoms with Crippen molar-refractivity contribution in [1.29, 1.82) is 0 Å². The molecule has 1 fully saturated rings. The highest BCUT2D eigenvalue weighted by molar-refractivity contribution is 8.26. The molecule has 0 radical (unpaired) electrons. The zero-order valence-corrected chi connectivity index (χ0v) is 13.7. The Morgan fingerprint density at radius 1 is 1.43 bits per heavy atom. The van der Waals surface area contributed by atoms with Crippen LogP contribution in [0, 0.1) is 0 Å². The molecule has 0 atom stereocenters. The highest BCUT2D eigenvalue weighted by Crippen LogP contribution is 2.32. The average Bonchev–Trinajstić information content (AvgIpc) is 2.61. The number of hydrogen-bond donors (Lipinski definition) is 1. The standard InChI is InChI=1S/C12H10ClNO4S3/c13-9-3-1-2-8(6-9)7-10-11(15)14(12(19)20-10)4-5-21(16,17)18/h1-3,6-7H,4-5H2,(H,16,17,18). The monoisotopic (exact) mass is 363 g/mol. The number of nitrogens with zero attached hydrogens (tertiary/aromatic N) is 1. The molecule has 0 unspecified atom stereocenters. The van der Waals surface area contributed by atoms with E-state index in [9.17, 15) is 13.2 Å². The van der Waals surface area contributed by atoms with Gasteiger partial charge in [-0.25, -0.2) is 0 Å². The number of hydrogen-bond acceptors (Lipinski definition) is 5. The molecule has 2 rings (SSSR count). The summed E-state index contributed by atoms with van der Waals surface area (Å²) in [5.41, 5.74) is 0.748. The van der Waals surface area contributed by atoms with Crippen LogP contribution in [-0.2, 0) is 14.9 Å². The molecule has 1 aliphatic heterocycles. The van der Waals surface area contributed by atoms with E-state index >= 15 is 0 Å². The van der Waals surface area contributed by atoms with Crippen molar-refractivity contribution in [3.63, 3.8) is 0 Å². The van der Waals surface area contributed by atoms with Crippen LogP contribution < -0.4 is 0 Å². The Bertz CT molecular complexity index is 730. The van der Waals surface area contributed by atoms with Crippen molar-refractivity contribution in [1.82, 2.24) is 4.90 Å². The number of amides is 1. The van der Waals surface area contributed by atoms with Gasteiger partial charge in [-0.05, 0) is 23.8 Å². The Balaban J connectivity index is 2.18. The predicted molar refractivity (Wildman–Crippen MR) is 87.7 cm³/mol. The highest BCUT2D eigenvalue weighted by Gasteiger charge is 2.32. The third-order valence-corrected chi connectivity index (χ3v) is 4.90. The maximum Gasteiger partial charge on any atom is 0.266 e. The molecule has 1 aromatic carbocycles.